The molecule has 2 aromatic carbocycles. The minimum absolute atomic E-state index is 0.235. The van der Waals surface area contributed by atoms with E-state index in [0.717, 1.165) is 42.3 Å². The first kappa shape index (κ1) is 22.8. The van der Waals surface area contributed by atoms with Crippen LogP contribution < -0.4 is 14.8 Å². The second-order valence-electron chi connectivity index (χ2n) is 7.75. The van der Waals surface area contributed by atoms with Crippen molar-refractivity contribution in [2.75, 3.05) is 53.5 Å². The van der Waals surface area contributed by atoms with Gasteiger partial charge in [-0.15, -0.1) is 0 Å². The van der Waals surface area contributed by atoms with Crippen molar-refractivity contribution in [3.63, 3.8) is 0 Å². The zero-order chi connectivity index (χ0) is 21.3. The Morgan fingerprint density at radius 1 is 1.07 bits per heavy atom. The number of aliphatic hydroxyl groups excluding tert-OH is 1. The number of benzene rings is 2. The van der Waals surface area contributed by atoms with Crippen molar-refractivity contribution in [1.82, 2.24) is 15.1 Å². The lowest BCUT2D eigenvalue weighted by atomic mass is 10.2. The number of nitrogens with one attached hydrogen (secondary N) is 1. The number of piperazine rings is 1. The van der Waals surface area contributed by atoms with Crippen molar-refractivity contribution in [1.29, 1.82) is 0 Å². The van der Waals surface area contributed by atoms with Crippen LogP contribution in [0.3, 0.4) is 0 Å². The highest BCUT2D eigenvalue weighted by Gasteiger charge is 2.18. The number of nitrogens with zero attached hydrogens (tertiary/aromatic N) is 2. The highest BCUT2D eigenvalue weighted by molar-refractivity contribution is 6.31. The first-order chi connectivity index (χ1) is 14.5. The molecule has 1 aliphatic heterocycles. The molecule has 0 aromatic heterocycles. The van der Waals surface area contributed by atoms with Crippen LogP contribution in [-0.4, -0.2) is 74.5 Å². The van der Waals surface area contributed by atoms with Gasteiger partial charge in [0, 0.05) is 50.8 Å². The lowest BCUT2D eigenvalue weighted by Gasteiger charge is -2.33. The van der Waals surface area contributed by atoms with Crippen molar-refractivity contribution in [3.8, 4) is 11.5 Å². The molecule has 1 fully saturated rings. The Kier molecular flexibility index (Phi) is 8.78. The Labute approximate surface area is 184 Å². The maximum atomic E-state index is 10.4. The first-order valence-electron chi connectivity index (χ1n) is 10.4. The van der Waals surface area contributed by atoms with E-state index in [2.05, 4.69) is 22.2 Å². The van der Waals surface area contributed by atoms with E-state index >= 15 is 0 Å². The number of rotatable bonds is 10. The summed E-state index contributed by atoms with van der Waals surface area (Å²) in [5.41, 5.74) is 2.14. The highest BCUT2D eigenvalue weighted by Crippen LogP contribution is 2.28. The second kappa shape index (κ2) is 11.5. The first-order valence-corrected chi connectivity index (χ1v) is 10.8. The summed E-state index contributed by atoms with van der Waals surface area (Å²) >= 11 is 6.21. The van der Waals surface area contributed by atoms with Crippen molar-refractivity contribution in [2.45, 2.75) is 19.2 Å². The molecule has 0 radical (unpaired) electrons. The normalized spacial score (nSPS) is 16.4. The fraction of sp³-hybridized carbons (Fsp3) is 0.478. The summed E-state index contributed by atoms with van der Waals surface area (Å²) in [6, 6.07) is 13.7. The molecule has 0 unspecified atom stereocenters. The minimum Gasteiger partial charge on any atom is -0.493 e. The fourth-order valence-corrected chi connectivity index (χ4v) is 3.70. The van der Waals surface area contributed by atoms with Crippen LogP contribution in [0, 0.1) is 0 Å². The molecule has 6 nitrogen and oxygen atoms in total. The van der Waals surface area contributed by atoms with E-state index in [-0.39, 0.29) is 6.61 Å². The molecule has 1 aliphatic rings. The maximum Gasteiger partial charge on any atom is 0.161 e. The number of hydrogen-bond acceptors (Lipinski definition) is 6. The molecule has 2 N–H and O–H groups in total. The number of hydrogen-bond donors (Lipinski definition) is 2. The third-order valence-corrected chi connectivity index (χ3v) is 5.70. The standard InChI is InChI=1S/C23H32ClN3O3/c1-26-9-11-27(12-10-26)16-20(28)17-30-23-13-18(7-8-22(23)29-2)14-25-15-19-5-3-4-6-21(19)24/h3-8,13,20,25,28H,9-12,14-17H2,1-2H3/t20-/m1/s1. The predicted octanol–water partition coefficient (Wildman–Crippen LogP) is 2.63. The predicted molar refractivity (Wildman–Crippen MR) is 120 cm³/mol. The molecule has 164 valence electrons. The van der Waals surface area contributed by atoms with Gasteiger partial charge in [0.2, 0.25) is 0 Å². The molecule has 0 amide bonds. The molecular weight excluding hydrogens is 402 g/mol. The highest BCUT2D eigenvalue weighted by atomic mass is 35.5. The fourth-order valence-electron chi connectivity index (χ4n) is 3.49. The summed E-state index contributed by atoms with van der Waals surface area (Å²) in [5, 5.41) is 14.6. The number of halogens is 1. The van der Waals surface area contributed by atoms with Crippen LogP contribution in [0.25, 0.3) is 0 Å². The maximum absolute atomic E-state index is 10.4. The van der Waals surface area contributed by atoms with E-state index < -0.39 is 6.10 Å². The van der Waals surface area contributed by atoms with Crippen LogP contribution in [0.5, 0.6) is 11.5 Å². The lowest BCUT2D eigenvalue weighted by Crippen LogP contribution is -2.47. The summed E-state index contributed by atoms with van der Waals surface area (Å²) in [6.07, 6.45) is -0.542. The van der Waals surface area contributed by atoms with E-state index in [1.165, 1.54) is 0 Å². The average molecular weight is 434 g/mol. The van der Waals surface area contributed by atoms with Gasteiger partial charge in [-0.2, -0.15) is 0 Å². The van der Waals surface area contributed by atoms with E-state index in [0.29, 0.717) is 31.1 Å². The summed E-state index contributed by atoms with van der Waals surface area (Å²) in [7, 11) is 3.75. The van der Waals surface area contributed by atoms with Crippen LogP contribution in [0.1, 0.15) is 11.1 Å². The number of methoxy groups -OCH3 is 1. The van der Waals surface area contributed by atoms with E-state index in [1.54, 1.807) is 7.11 Å². The lowest BCUT2D eigenvalue weighted by molar-refractivity contribution is 0.0498. The molecule has 30 heavy (non-hydrogen) atoms. The SMILES string of the molecule is COc1ccc(CNCc2ccccc2Cl)cc1OC[C@H](O)CN1CCN(C)CC1. The summed E-state index contributed by atoms with van der Waals surface area (Å²) in [5.74, 6) is 1.31. The Balaban J connectivity index is 1.50. The molecule has 1 atom stereocenters. The molecular formula is C23H32ClN3O3. The van der Waals surface area contributed by atoms with Crippen molar-refractivity contribution < 1.29 is 14.6 Å². The van der Waals surface area contributed by atoms with Gasteiger partial charge in [0.15, 0.2) is 11.5 Å². The van der Waals surface area contributed by atoms with Crippen molar-refractivity contribution in [2.24, 2.45) is 0 Å². The van der Waals surface area contributed by atoms with Gasteiger partial charge in [-0.05, 0) is 36.4 Å². The zero-order valence-electron chi connectivity index (χ0n) is 17.8. The monoisotopic (exact) mass is 433 g/mol. The van der Waals surface area contributed by atoms with E-state index in [1.807, 2.05) is 42.5 Å². The van der Waals surface area contributed by atoms with Gasteiger partial charge < -0.3 is 24.8 Å². The molecule has 0 aliphatic carbocycles. The molecule has 1 saturated heterocycles. The Morgan fingerprint density at radius 3 is 2.57 bits per heavy atom. The van der Waals surface area contributed by atoms with Crippen LogP contribution in [0.4, 0.5) is 0 Å². The van der Waals surface area contributed by atoms with Crippen LogP contribution >= 0.6 is 11.6 Å². The van der Waals surface area contributed by atoms with Gasteiger partial charge in [-0.1, -0.05) is 35.9 Å². The van der Waals surface area contributed by atoms with E-state index in [4.69, 9.17) is 21.1 Å². The van der Waals surface area contributed by atoms with Crippen molar-refractivity contribution >= 4 is 11.6 Å². The second-order valence-corrected chi connectivity index (χ2v) is 8.16. The molecule has 0 bridgehead atoms. The summed E-state index contributed by atoms with van der Waals surface area (Å²) < 4.78 is 11.3. The summed E-state index contributed by atoms with van der Waals surface area (Å²) in [4.78, 5) is 4.58. The largest absolute Gasteiger partial charge is 0.493 e. The molecule has 7 heteroatoms. The Hall–Kier alpha value is -1.83. The third-order valence-electron chi connectivity index (χ3n) is 5.33. The van der Waals surface area contributed by atoms with Gasteiger partial charge in [-0.25, -0.2) is 0 Å². The van der Waals surface area contributed by atoms with Crippen LogP contribution in [0.2, 0.25) is 5.02 Å². The number of ether oxygens (including phenoxy) is 2. The minimum atomic E-state index is -0.542. The smallest absolute Gasteiger partial charge is 0.161 e. The number of β-amino-alcohol motifs (C(OH)–C–C–N with tert-alkyl or cyclic N) is 1. The topological polar surface area (TPSA) is 57.2 Å². The molecule has 0 spiro atoms. The molecule has 2 aromatic rings. The Morgan fingerprint density at radius 2 is 1.83 bits per heavy atom. The van der Waals surface area contributed by atoms with Crippen molar-refractivity contribution in [3.05, 3.63) is 58.6 Å². The quantitative estimate of drug-likeness (QED) is 0.600. The number of aliphatic hydroxyl groups is 1. The molecule has 0 saturated carbocycles. The summed E-state index contributed by atoms with van der Waals surface area (Å²) in [6.45, 7) is 6.23. The van der Waals surface area contributed by atoms with Gasteiger partial charge in [0.25, 0.3) is 0 Å². The van der Waals surface area contributed by atoms with E-state index in [9.17, 15) is 5.11 Å². The molecule has 1 heterocycles. The van der Waals surface area contributed by atoms with Gasteiger partial charge in [-0.3, -0.25) is 4.90 Å². The van der Waals surface area contributed by atoms with Gasteiger partial charge >= 0.3 is 0 Å². The van der Waals surface area contributed by atoms with Crippen LogP contribution in [-0.2, 0) is 13.1 Å². The van der Waals surface area contributed by atoms with Gasteiger partial charge in [0.05, 0.1) is 7.11 Å². The zero-order valence-corrected chi connectivity index (χ0v) is 18.6. The number of likely N-dealkylation sites (N-methyl/N-ethyl adjacent to an activating group) is 1. The van der Waals surface area contributed by atoms with Gasteiger partial charge in [0.1, 0.15) is 12.7 Å². The molecule has 3 rings (SSSR count). The third kappa shape index (κ3) is 6.86. The average Bonchev–Trinajstić information content (AvgIpc) is 2.75. The van der Waals surface area contributed by atoms with Crippen LogP contribution in [0.15, 0.2) is 42.5 Å². The Bertz CT molecular complexity index is 797.